The second-order valence-corrected chi connectivity index (χ2v) is 5.45. The number of piperazine rings is 1. The number of carboxylic acid groups (broad SMARTS) is 1. The highest BCUT2D eigenvalue weighted by Crippen LogP contribution is 2.21. The van der Waals surface area contributed by atoms with Crippen LogP contribution in [0, 0.1) is 0 Å². The molecule has 2 heterocycles. The molecule has 7 heteroatoms. The largest absolute Gasteiger partial charge is 0.480 e. The molecule has 0 aliphatic carbocycles. The second-order valence-electron chi connectivity index (χ2n) is 5.45. The summed E-state index contributed by atoms with van der Waals surface area (Å²) < 4.78 is 0. The number of hydrogen-bond donors (Lipinski definition) is 2. The van der Waals surface area contributed by atoms with Gasteiger partial charge in [0.1, 0.15) is 6.04 Å². The Morgan fingerprint density at radius 1 is 1.21 bits per heavy atom. The number of amides is 2. The number of hydrogen-bond acceptors (Lipinski definition) is 4. The van der Waals surface area contributed by atoms with E-state index in [4.69, 9.17) is 5.11 Å². The topological polar surface area (TPSA) is 84.3 Å². The summed E-state index contributed by atoms with van der Waals surface area (Å²) in [6.07, 6.45) is -0.625. The van der Waals surface area contributed by atoms with Crippen molar-refractivity contribution in [2.24, 2.45) is 0 Å². The van der Waals surface area contributed by atoms with Crippen molar-refractivity contribution < 1.29 is 19.8 Å². The van der Waals surface area contributed by atoms with Crippen molar-refractivity contribution in [1.29, 1.82) is 0 Å². The smallest absolute Gasteiger partial charge is 0.326 e. The van der Waals surface area contributed by atoms with Crippen LogP contribution >= 0.6 is 0 Å². The van der Waals surface area contributed by atoms with Crippen molar-refractivity contribution in [2.45, 2.75) is 31.5 Å². The highest BCUT2D eigenvalue weighted by molar-refractivity contribution is 5.83. The molecule has 7 nitrogen and oxygen atoms in total. The van der Waals surface area contributed by atoms with Crippen LogP contribution < -0.4 is 0 Å². The molecule has 2 aliphatic heterocycles. The highest BCUT2D eigenvalue weighted by Gasteiger charge is 2.41. The Hall–Kier alpha value is -1.34. The molecule has 2 aliphatic rings. The number of likely N-dealkylation sites (N-methyl/N-ethyl adjacent to an activating group) is 1. The molecule has 2 rings (SSSR count). The summed E-state index contributed by atoms with van der Waals surface area (Å²) >= 11 is 0. The van der Waals surface area contributed by atoms with Crippen LogP contribution in [0.5, 0.6) is 0 Å². The van der Waals surface area contributed by atoms with Gasteiger partial charge in [-0.05, 0) is 14.0 Å². The van der Waals surface area contributed by atoms with Crippen LogP contribution in [-0.2, 0) is 4.79 Å². The molecule has 0 aromatic heterocycles. The number of aliphatic hydroxyl groups excluding tert-OH is 1. The van der Waals surface area contributed by atoms with Gasteiger partial charge < -0.3 is 24.9 Å². The standard InChI is InChI=1S/C12H21N3O4/c1-8-6-14(4-3-13(8)2)12(19)15-7-9(16)5-10(15)11(17)18/h8-10,16H,3-7H2,1-2H3,(H,17,18)/t8?,9?,10-/m0/s1. The summed E-state index contributed by atoms with van der Waals surface area (Å²) in [7, 11) is 2.01. The SMILES string of the molecule is CC1CN(C(=O)N2CC(O)C[C@H]2C(=O)O)CCN1C. The Balaban J connectivity index is 2.04. The molecule has 19 heavy (non-hydrogen) atoms. The van der Waals surface area contributed by atoms with Crippen molar-refractivity contribution in [3.8, 4) is 0 Å². The summed E-state index contributed by atoms with van der Waals surface area (Å²) in [6.45, 7) is 4.11. The Kier molecular flexibility index (Phi) is 3.96. The molecule has 108 valence electrons. The zero-order valence-electron chi connectivity index (χ0n) is 11.3. The number of likely N-dealkylation sites (tertiary alicyclic amines) is 1. The van der Waals surface area contributed by atoms with E-state index in [1.807, 2.05) is 14.0 Å². The fraction of sp³-hybridized carbons (Fsp3) is 0.833. The first kappa shape index (κ1) is 14.1. The van der Waals surface area contributed by atoms with E-state index in [-0.39, 0.29) is 25.0 Å². The minimum absolute atomic E-state index is 0.108. The van der Waals surface area contributed by atoms with E-state index in [9.17, 15) is 14.7 Å². The molecule has 2 fully saturated rings. The highest BCUT2D eigenvalue weighted by atomic mass is 16.4. The quantitative estimate of drug-likeness (QED) is 0.656. The van der Waals surface area contributed by atoms with E-state index in [1.54, 1.807) is 4.90 Å². The fourth-order valence-corrected chi connectivity index (χ4v) is 2.66. The minimum atomic E-state index is -1.05. The number of carbonyl (C=O) groups excluding carboxylic acids is 1. The predicted molar refractivity (Wildman–Crippen MR) is 67.8 cm³/mol. The third-order valence-electron chi connectivity index (χ3n) is 4.04. The van der Waals surface area contributed by atoms with Crippen molar-refractivity contribution in [3.05, 3.63) is 0 Å². The van der Waals surface area contributed by atoms with Crippen molar-refractivity contribution in [3.63, 3.8) is 0 Å². The Morgan fingerprint density at radius 2 is 1.89 bits per heavy atom. The first-order chi connectivity index (χ1) is 8.90. The molecule has 0 aromatic carbocycles. The molecular weight excluding hydrogens is 250 g/mol. The maximum absolute atomic E-state index is 12.4. The molecule has 0 radical (unpaired) electrons. The summed E-state index contributed by atoms with van der Waals surface area (Å²) in [5.74, 6) is -1.05. The molecule has 0 aromatic rings. The van der Waals surface area contributed by atoms with Gasteiger partial charge in [0.25, 0.3) is 0 Å². The summed E-state index contributed by atoms with van der Waals surface area (Å²) in [6, 6.07) is -0.921. The molecule has 0 spiro atoms. The zero-order chi connectivity index (χ0) is 14.2. The van der Waals surface area contributed by atoms with E-state index in [1.165, 1.54) is 4.90 Å². The van der Waals surface area contributed by atoms with E-state index < -0.39 is 18.1 Å². The third-order valence-corrected chi connectivity index (χ3v) is 4.04. The van der Waals surface area contributed by atoms with E-state index >= 15 is 0 Å². The Bertz CT molecular complexity index is 376. The van der Waals surface area contributed by atoms with Crippen molar-refractivity contribution in [2.75, 3.05) is 33.2 Å². The van der Waals surface area contributed by atoms with Gasteiger partial charge in [-0.2, -0.15) is 0 Å². The number of carbonyl (C=O) groups is 2. The predicted octanol–water partition coefficient (Wildman–Crippen LogP) is -0.738. The summed E-state index contributed by atoms with van der Waals surface area (Å²) in [5, 5.41) is 18.7. The number of nitrogens with zero attached hydrogens (tertiary/aromatic N) is 3. The second kappa shape index (κ2) is 5.34. The van der Waals surface area contributed by atoms with Crippen LogP contribution in [0.2, 0.25) is 0 Å². The van der Waals surface area contributed by atoms with Gasteiger partial charge in [-0.25, -0.2) is 9.59 Å². The van der Waals surface area contributed by atoms with Gasteiger partial charge >= 0.3 is 12.0 Å². The van der Waals surface area contributed by atoms with E-state index in [2.05, 4.69) is 4.90 Å². The lowest BCUT2D eigenvalue weighted by Crippen LogP contribution is -2.56. The fourth-order valence-electron chi connectivity index (χ4n) is 2.66. The first-order valence-electron chi connectivity index (χ1n) is 6.56. The van der Waals surface area contributed by atoms with Gasteiger partial charge in [-0.1, -0.05) is 0 Å². The van der Waals surface area contributed by atoms with Crippen LogP contribution in [0.15, 0.2) is 0 Å². The van der Waals surface area contributed by atoms with Crippen molar-refractivity contribution in [1.82, 2.24) is 14.7 Å². The summed E-state index contributed by atoms with van der Waals surface area (Å²) in [5.41, 5.74) is 0. The van der Waals surface area contributed by atoms with Crippen LogP contribution in [0.25, 0.3) is 0 Å². The lowest BCUT2D eigenvalue weighted by Gasteiger charge is -2.39. The molecular formula is C12H21N3O4. The average molecular weight is 271 g/mol. The lowest BCUT2D eigenvalue weighted by molar-refractivity contribution is -0.141. The first-order valence-corrected chi connectivity index (χ1v) is 6.56. The van der Waals surface area contributed by atoms with E-state index in [0.717, 1.165) is 6.54 Å². The van der Waals surface area contributed by atoms with Crippen molar-refractivity contribution >= 4 is 12.0 Å². The van der Waals surface area contributed by atoms with Gasteiger partial charge in [-0.3, -0.25) is 0 Å². The lowest BCUT2D eigenvalue weighted by atomic mass is 10.2. The number of β-amino-alcohol motifs (C(OH)–C–C–N with tert-alkyl or cyclic N) is 1. The maximum Gasteiger partial charge on any atom is 0.326 e. The monoisotopic (exact) mass is 271 g/mol. The average Bonchev–Trinajstić information content (AvgIpc) is 2.74. The van der Waals surface area contributed by atoms with Gasteiger partial charge in [0.15, 0.2) is 0 Å². The zero-order valence-corrected chi connectivity index (χ0v) is 11.3. The number of rotatable bonds is 1. The molecule has 2 amide bonds. The van der Waals surface area contributed by atoms with E-state index in [0.29, 0.717) is 13.1 Å². The third kappa shape index (κ3) is 2.82. The van der Waals surface area contributed by atoms with Crippen LogP contribution in [0.4, 0.5) is 4.79 Å². The molecule has 0 saturated carbocycles. The number of aliphatic hydroxyl groups is 1. The molecule has 2 N–H and O–H groups in total. The van der Waals surface area contributed by atoms with Crippen LogP contribution in [0.1, 0.15) is 13.3 Å². The number of urea groups is 1. The van der Waals surface area contributed by atoms with Gasteiger partial charge in [0.2, 0.25) is 0 Å². The maximum atomic E-state index is 12.4. The normalized spacial score (nSPS) is 32.7. The van der Waals surface area contributed by atoms with Crippen LogP contribution in [-0.4, -0.2) is 88.3 Å². The summed E-state index contributed by atoms with van der Waals surface area (Å²) in [4.78, 5) is 28.6. The molecule has 3 atom stereocenters. The molecule has 2 saturated heterocycles. The van der Waals surface area contributed by atoms with Gasteiger partial charge in [-0.15, -0.1) is 0 Å². The number of aliphatic carboxylic acids is 1. The Labute approximate surface area is 112 Å². The van der Waals surface area contributed by atoms with Gasteiger partial charge in [0.05, 0.1) is 6.10 Å². The van der Waals surface area contributed by atoms with Crippen LogP contribution in [0.3, 0.4) is 0 Å². The number of carboxylic acids is 1. The van der Waals surface area contributed by atoms with Gasteiger partial charge in [0, 0.05) is 38.6 Å². The Morgan fingerprint density at radius 3 is 2.47 bits per heavy atom. The molecule has 0 bridgehead atoms. The molecule has 2 unspecified atom stereocenters. The minimum Gasteiger partial charge on any atom is -0.480 e.